The SMILES string of the molecule is CCC(C)(C)C(=O)OCCCCCC(=O)OCCOCCOC(=O)CCCCCOC(=O)C(C)(CC)CC(C)(CC(C)(C)C(=O)OCCO)C(=O)N[C@@H](Cc1ccc(O)cc1)C(=O)CCCc1ccc(O)cc1. The molecule has 0 aliphatic rings. The molecule has 4 N–H and O–H groups in total. The van der Waals surface area contributed by atoms with E-state index in [0.29, 0.717) is 63.5 Å². The van der Waals surface area contributed by atoms with E-state index < -0.39 is 51.5 Å². The minimum Gasteiger partial charge on any atom is -0.508 e. The van der Waals surface area contributed by atoms with Crippen molar-refractivity contribution >= 4 is 41.5 Å². The Labute approximate surface area is 432 Å². The van der Waals surface area contributed by atoms with Gasteiger partial charge in [0.25, 0.3) is 0 Å². The number of nitrogens with one attached hydrogen (secondary N) is 1. The molecule has 0 bridgehead atoms. The lowest BCUT2D eigenvalue weighted by Gasteiger charge is -2.41. The van der Waals surface area contributed by atoms with Gasteiger partial charge in [-0.05, 0) is 153 Å². The summed E-state index contributed by atoms with van der Waals surface area (Å²) in [5, 5.41) is 31.9. The van der Waals surface area contributed by atoms with Gasteiger partial charge >= 0.3 is 29.8 Å². The Morgan fingerprint density at radius 2 is 1.00 bits per heavy atom. The molecule has 17 heteroatoms. The third-order valence-electron chi connectivity index (χ3n) is 13.1. The quantitative estimate of drug-likeness (QED) is 0.0281. The van der Waals surface area contributed by atoms with Gasteiger partial charge in [-0.15, -0.1) is 0 Å². The number of hydrogen-bond acceptors (Lipinski definition) is 16. The Morgan fingerprint density at radius 1 is 0.507 bits per heavy atom. The predicted octanol–water partition coefficient (Wildman–Crippen LogP) is 8.23. The lowest BCUT2D eigenvalue weighted by molar-refractivity contribution is -0.162. The van der Waals surface area contributed by atoms with E-state index in [0.717, 1.165) is 12.0 Å². The Balaban J connectivity index is 1.91. The van der Waals surface area contributed by atoms with E-state index in [1.807, 2.05) is 20.8 Å². The molecule has 0 saturated heterocycles. The molecule has 2 rings (SSSR count). The number of esters is 5. The Bertz CT molecular complexity index is 2020. The summed E-state index contributed by atoms with van der Waals surface area (Å²) < 4.78 is 32.2. The molecule has 0 aromatic heterocycles. The maximum absolute atomic E-state index is 14.8. The van der Waals surface area contributed by atoms with Crippen LogP contribution >= 0.6 is 0 Å². The zero-order valence-corrected chi connectivity index (χ0v) is 44.8. The van der Waals surface area contributed by atoms with Gasteiger partial charge in [0, 0.05) is 24.7 Å². The first-order valence-corrected chi connectivity index (χ1v) is 25.9. The fraction of sp³-hybridized carbons (Fsp3) is 0.661. The highest BCUT2D eigenvalue weighted by molar-refractivity contribution is 5.92. The monoisotopic (exact) mass is 1030 g/mol. The van der Waals surface area contributed by atoms with E-state index in [4.69, 9.17) is 28.4 Å². The molecule has 410 valence electrons. The topological polar surface area (TPSA) is 248 Å². The van der Waals surface area contributed by atoms with Crippen LogP contribution in [0.3, 0.4) is 0 Å². The Hall–Kier alpha value is -5.55. The standard InChI is InChI=1S/C56H85NO16/c1-9-53(3,4)50(65)71-31-15-11-13-20-47(62)69-36-34-68-35-37-70-48(63)21-14-12-16-32-72-52(67)55(7,10-2)40-56(8,39-54(5,6)51(66)73-33-30-58)49(64)57-45(38-42-24-28-44(60)29-25-42)46(61)19-17-18-41-22-26-43(59)27-23-41/h22-29,45,58-60H,9-21,30-40H2,1-8H3,(H,57,64)/t45-,55?,56?/m0/s1. The molecule has 2 unspecified atom stereocenters. The molecule has 1 amide bonds. The van der Waals surface area contributed by atoms with Gasteiger partial charge < -0.3 is 49.1 Å². The number of aliphatic hydroxyl groups is 1. The second-order valence-electron chi connectivity index (χ2n) is 20.6. The maximum atomic E-state index is 14.8. The second-order valence-corrected chi connectivity index (χ2v) is 20.6. The van der Waals surface area contributed by atoms with Gasteiger partial charge in [-0.2, -0.15) is 0 Å². The van der Waals surface area contributed by atoms with Gasteiger partial charge in [-0.25, -0.2) is 0 Å². The van der Waals surface area contributed by atoms with Gasteiger partial charge in [0.1, 0.15) is 31.3 Å². The van der Waals surface area contributed by atoms with E-state index in [-0.39, 0.29) is 120 Å². The molecule has 0 saturated carbocycles. The molecular formula is C56H85NO16. The average Bonchev–Trinajstić information content (AvgIpc) is 3.35. The number of aromatic hydroxyl groups is 2. The number of amides is 1. The lowest BCUT2D eigenvalue weighted by atomic mass is 9.64. The van der Waals surface area contributed by atoms with Gasteiger partial charge in [0.2, 0.25) is 5.91 Å². The zero-order valence-electron chi connectivity index (χ0n) is 44.8. The molecule has 0 spiro atoms. The summed E-state index contributed by atoms with van der Waals surface area (Å²) in [7, 11) is 0. The number of carbonyl (C=O) groups is 7. The molecule has 2 aromatic carbocycles. The van der Waals surface area contributed by atoms with Crippen molar-refractivity contribution in [3.05, 3.63) is 59.7 Å². The fourth-order valence-corrected chi connectivity index (χ4v) is 8.17. The summed E-state index contributed by atoms with van der Waals surface area (Å²) in [6, 6.07) is 12.0. The number of benzene rings is 2. The van der Waals surface area contributed by atoms with Crippen LogP contribution < -0.4 is 5.32 Å². The fourth-order valence-electron chi connectivity index (χ4n) is 8.17. The van der Waals surface area contributed by atoms with Crippen molar-refractivity contribution < 1.29 is 77.3 Å². The van der Waals surface area contributed by atoms with Crippen molar-refractivity contribution in [2.24, 2.45) is 21.7 Å². The number of ketones is 1. The molecule has 17 nitrogen and oxygen atoms in total. The summed E-state index contributed by atoms with van der Waals surface area (Å²) >= 11 is 0. The number of carbonyl (C=O) groups excluding carboxylic acids is 7. The number of Topliss-reactive ketones (excluding diaryl/α,β-unsaturated/α-hetero) is 1. The van der Waals surface area contributed by atoms with Crippen LogP contribution in [0.2, 0.25) is 0 Å². The van der Waals surface area contributed by atoms with E-state index in [9.17, 15) is 48.9 Å². The van der Waals surface area contributed by atoms with Crippen molar-refractivity contribution in [2.45, 2.75) is 164 Å². The highest BCUT2D eigenvalue weighted by Crippen LogP contribution is 2.45. The highest BCUT2D eigenvalue weighted by Gasteiger charge is 2.49. The number of phenolic OH excluding ortho intramolecular Hbond substituents is 2. The first-order chi connectivity index (χ1) is 34.5. The van der Waals surface area contributed by atoms with Crippen LogP contribution in [0.15, 0.2) is 48.5 Å². The largest absolute Gasteiger partial charge is 0.508 e. The van der Waals surface area contributed by atoms with E-state index in [1.165, 1.54) is 12.1 Å². The van der Waals surface area contributed by atoms with Crippen LogP contribution in [0.1, 0.15) is 156 Å². The number of aryl methyl sites for hydroxylation is 1. The van der Waals surface area contributed by atoms with Crippen LogP contribution in [0.5, 0.6) is 11.5 Å². The first-order valence-electron chi connectivity index (χ1n) is 25.9. The van der Waals surface area contributed by atoms with Crippen LogP contribution in [-0.2, 0) is 74.8 Å². The predicted molar refractivity (Wildman–Crippen MR) is 273 cm³/mol. The summed E-state index contributed by atoms with van der Waals surface area (Å²) in [4.78, 5) is 92.3. The Kier molecular flexibility index (Phi) is 28.4. The molecule has 0 heterocycles. The second kappa shape index (κ2) is 32.6. The Morgan fingerprint density at radius 3 is 1.51 bits per heavy atom. The molecule has 0 aliphatic heterocycles. The normalized spacial score (nSPS) is 13.7. The van der Waals surface area contributed by atoms with E-state index in [2.05, 4.69) is 5.32 Å². The number of aliphatic hydroxyl groups excluding tert-OH is 1. The summed E-state index contributed by atoms with van der Waals surface area (Å²) in [6.45, 7) is 14.2. The number of hydrogen-bond donors (Lipinski definition) is 4. The summed E-state index contributed by atoms with van der Waals surface area (Å²) in [5.74, 6) is -2.76. The molecule has 3 atom stereocenters. The van der Waals surface area contributed by atoms with E-state index in [1.54, 1.807) is 71.0 Å². The molecule has 73 heavy (non-hydrogen) atoms. The van der Waals surface area contributed by atoms with Crippen LogP contribution in [0.4, 0.5) is 0 Å². The highest BCUT2D eigenvalue weighted by atomic mass is 16.6. The number of ether oxygens (including phenoxy) is 6. The van der Waals surface area contributed by atoms with Gasteiger partial charge in [0.15, 0.2) is 5.78 Å². The minimum absolute atomic E-state index is 0.0371. The van der Waals surface area contributed by atoms with Crippen molar-refractivity contribution in [1.82, 2.24) is 5.32 Å². The molecule has 2 aromatic rings. The van der Waals surface area contributed by atoms with Crippen LogP contribution in [-0.4, -0.2) is 116 Å². The number of unbranched alkanes of at least 4 members (excludes halogenated alkanes) is 4. The summed E-state index contributed by atoms with van der Waals surface area (Å²) in [5.41, 5.74) is -2.79. The van der Waals surface area contributed by atoms with E-state index >= 15 is 0 Å². The van der Waals surface area contributed by atoms with Crippen LogP contribution in [0.25, 0.3) is 0 Å². The van der Waals surface area contributed by atoms with Gasteiger partial charge in [-0.3, -0.25) is 33.6 Å². The molecular weight excluding hydrogens is 943 g/mol. The van der Waals surface area contributed by atoms with Crippen molar-refractivity contribution in [3.8, 4) is 11.5 Å². The molecule has 0 radical (unpaired) electrons. The number of rotatable bonds is 38. The molecule has 0 fully saturated rings. The summed E-state index contributed by atoms with van der Waals surface area (Å²) in [6.07, 6.45) is 6.03. The average molecular weight is 1030 g/mol. The third kappa shape index (κ3) is 24.4. The van der Waals surface area contributed by atoms with Gasteiger partial charge in [-0.1, -0.05) is 45.0 Å². The minimum atomic E-state index is -1.43. The zero-order chi connectivity index (χ0) is 54.5. The first kappa shape index (κ1) is 63.6. The lowest BCUT2D eigenvalue weighted by Crippen LogP contribution is -2.52. The maximum Gasteiger partial charge on any atom is 0.311 e. The smallest absolute Gasteiger partial charge is 0.311 e. The van der Waals surface area contributed by atoms with Crippen molar-refractivity contribution in [3.63, 3.8) is 0 Å². The van der Waals surface area contributed by atoms with Crippen LogP contribution in [0, 0.1) is 21.7 Å². The molecule has 0 aliphatic carbocycles. The third-order valence-corrected chi connectivity index (χ3v) is 13.1. The van der Waals surface area contributed by atoms with Crippen molar-refractivity contribution in [1.29, 1.82) is 0 Å². The number of phenols is 2. The van der Waals surface area contributed by atoms with Crippen molar-refractivity contribution in [2.75, 3.05) is 52.9 Å². The van der Waals surface area contributed by atoms with Gasteiger partial charge in [0.05, 0.1) is 55.3 Å².